The zero-order valence-corrected chi connectivity index (χ0v) is 9.26. The molecule has 0 aliphatic rings. The van der Waals surface area contributed by atoms with Gasteiger partial charge in [0.2, 0.25) is 0 Å². The second-order valence-corrected chi connectivity index (χ2v) is 3.52. The smallest absolute Gasteiger partial charge is 0.416 e. The standard InChI is InChI=1S/C11H11F3O3/c1-6(15)5-7-8(11(12,13)14)3-4-9(17-2)10(7)16/h3-4,16H,5H2,1-2H3. The van der Waals surface area contributed by atoms with E-state index in [0.29, 0.717) is 0 Å². The van der Waals surface area contributed by atoms with Crippen LogP contribution in [0.25, 0.3) is 0 Å². The first-order valence-electron chi connectivity index (χ1n) is 4.72. The van der Waals surface area contributed by atoms with E-state index in [1.807, 2.05) is 0 Å². The Bertz CT molecular complexity index is 438. The van der Waals surface area contributed by atoms with Crippen molar-refractivity contribution in [2.24, 2.45) is 0 Å². The highest BCUT2D eigenvalue weighted by atomic mass is 19.4. The molecule has 17 heavy (non-hydrogen) atoms. The Balaban J connectivity index is 3.41. The monoisotopic (exact) mass is 248 g/mol. The van der Waals surface area contributed by atoms with Crippen LogP contribution in [0.1, 0.15) is 18.1 Å². The van der Waals surface area contributed by atoms with Gasteiger partial charge in [-0.2, -0.15) is 13.2 Å². The molecule has 94 valence electrons. The average molecular weight is 248 g/mol. The molecule has 6 heteroatoms. The van der Waals surface area contributed by atoms with E-state index >= 15 is 0 Å². The molecule has 1 N–H and O–H groups in total. The fraction of sp³-hybridized carbons (Fsp3) is 0.364. The zero-order chi connectivity index (χ0) is 13.2. The van der Waals surface area contributed by atoms with E-state index in [1.165, 1.54) is 7.11 Å². The Kier molecular flexibility index (Phi) is 3.65. The number of carbonyl (C=O) groups is 1. The summed E-state index contributed by atoms with van der Waals surface area (Å²) in [5.74, 6) is -1.20. The Hall–Kier alpha value is -1.72. The first-order valence-corrected chi connectivity index (χ1v) is 4.72. The summed E-state index contributed by atoms with van der Waals surface area (Å²) < 4.78 is 42.7. The lowest BCUT2D eigenvalue weighted by atomic mass is 10.0. The number of phenols is 1. The summed E-state index contributed by atoms with van der Waals surface area (Å²) >= 11 is 0. The highest BCUT2D eigenvalue weighted by Gasteiger charge is 2.35. The van der Waals surface area contributed by atoms with Gasteiger partial charge in [-0.3, -0.25) is 4.79 Å². The van der Waals surface area contributed by atoms with Gasteiger partial charge >= 0.3 is 6.18 Å². The third kappa shape index (κ3) is 2.89. The van der Waals surface area contributed by atoms with Crippen LogP contribution in [-0.4, -0.2) is 18.0 Å². The predicted octanol–water partition coefficient (Wildman–Crippen LogP) is 2.55. The van der Waals surface area contributed by atoms with Crippen molar-refractivity contribution in [3.8, 4) is 11.5 Å². The number of carbonyl (C=O) groups excluding carboxylic acids is 1. The quantitative estimate of drug-likeness (QED) is 0.894. The summed E-state index contributed by atoms with van der Waals surface area (Å²) in [5, 5.41) is 9.60. The van der Waals surface area contributed by atoms with Crippen molar-refractivity contribution < 1.29 is 27.8 Å². The van der Waals surface area contributed by atoms with Crippen LogP contribution in [0, 0.1) is 0 Å². The summed E-state index contributed by atoms with van der Waals surface area (Å²) in [6.45, 7) is 1.15. The molecule has 0 radical (unpaired) electrons. The first kappa shape index (κ1) is 13.3. The zero-order valence-electron chi connectivity index (χ0n) is 9.26. The van der Waals surface area contributed by atoms with Gasteiger partial charge in [-0.05, 0) is 19.1 Å². The van der Waals surface area contributed by atoms with Gasteiger partial charge in [0.1, 0.15) is 5.78 Å². The number of phenolic OH excluding ortho intramolecular Hbond substituents is 1. The minimum absolute atomic E-state index is 0.0887. The summed E-state index contributed by atoms with van der Waals surface area (Å²) in [7, 11) is 1.22. The van der Waals surface area contributed by atoms with Crippen LogP contribution in [0.4, 0.5) is 13.2 Å². The molecule has 1 aromatic carbocycles. The van der Waals surface area contributed by atoms with Crippen molar-refractivity contribution in [3.63, 3.8) is 0 Å². The topological polar surface area (TPSA) is 46.5 Å². The van der Waals surface area contributed by atoms with E-state index < -0.39 is 35.3 Å². The number of rotatable bonds is 3. The van der Waals surface area contributed by atoms with Crippen molar-refractivity contribution in [2.75, 3.05) is 7.11 Å². The molecule has 0 amide bonds. The molecule has 0 saturated heterocycles. The van der Waals surface area contributed by atoms with Crippen LogP contribution in [0.5, 0.6) is 11.5 Å². The van der Waals surface area contributed by atoms with Gasteiger partial charge in [-0.1, -0.05) is 0 Å². The lowest BCUT2D eigenvalue weighted by Crippen LogP contribution is -2.12. The van der Waals surface area contributed by atoms with E-state index in [0.717, 1.165) is 19.1 Å². The summed E-state index contributed by atoms with van der Waals surface area (Å²) in [4.78, 5) is 10.9. The molecule has 0 bridgehead atoms. The SMILES string of the molecule is COc1ccc(C(F)(F)F)c(CC(C)=O)c1O. The average Bonchev–Trinajstić information content (AvgIpc) is 2.18. The highest BCUT2D eigenvalue weighted by molar-refractivity contribution is 5.80. The molecule has 1 rings (SSSR count). The van der Waals surface area contributed by atoms with Crippen LogP contribution in [-0.2, 0) is 17.4 Å². The Morgan fingerprint density at radius 1 is 1.41 bits per heavy atom. The Morgan fingerprint density at radius 2 is 2.00 bits per heavy atom. The molecule has 0 aliphatic carbocycles. The second-order valence-electron chi connectivity index (χ2n) is 3.52. The van der Waals surface area contributed by atoms with Crippen LogP contribution >= 0.6 is 0 Å². The normalized spacial score (nSPS) is 11.4. The molecule has 0 spiro atoms. The molecule has 0 aliphatic heterocycles. The molecule has 0 unspecified atom stereocenters. The molecular weight excluding hydrogens is 237 g/mol. The first-order chi connectivity index (χ1) is 7.77. The number of hydrogen-bond donors (Lipinski definition) is 1. The van der Waals surface area contributed by atoms with E-state index in [9.17, 15) is 23.1 Å². The summed E-state index contributed by atoms with van der Waals surface area (Å²) in [5.41, 5.74) is -1.48. The maximum Gasteiger partial charge on any atom is 0.416 e. The Morgan fingerprint density at radius 3 is 2.41 bits per heavy atom. The number of methoxy groups -OCH3 is 1. The predicted molar refractivity (Wildman–Crippen MR) is 54.0 cm³/mol. The molecule has 0 fully saturated rings. The second kappa shape index (κ2) is 4.65. The molecular formula is C11H11F3O3. The number of benzene rings is 1. The van der Waals surface area contributed by atoms with Gasteiger partial charge in [-0.15, -0.1) is 0 Å². The molecule has 0 atom stereocenters. The van der Waals surface area contributed by atoms with E-state index in [2.05, 4.69) is 0 Å². The number of ketones is 1. The number of Topliss-reactive ketones (excluding diaryl/α,β-unsaturated/α-hetero) is 1. The fourth-order valence-corrected chi connectivity index (χ4v) is 1.47. The molecule has 3 nitrogen and oxygen atoms in total. The number of halogens is 3. The molecule has 1 aromatic rings. The van der Waals surface area contributed by atoms with Gasteiger partial charge in [0.15, 0.2) is 11.5 Å². The minimum Gasteiger partial charge on any atom is -0.504 e. The maximum atomic E-state index is 12.7. The highest BCUT2D eigenvalue weighted by Crippen LogP contribution is 2.40. The molecule has 0 saturated carbocycles. The number of aromatic hydroxyl groups is 1. The lowest BCUT2D eigenvalue weighted by Gasteiger charge is -2.15. The van der Waals surface area contributed by atoms with E-state index in [1.54, 1.807) is 0 Å². The summed E-state index contributed by atoms with van der Waals surface area (Å²) in [6, 6.07) is 1.80. The van der Waals surface area contributed by atoms with Crippen LogP contribution in [0.3, 0.4) is 0 Å². The lowest BCUT2D eigenvalue weighted by molar-refractivity contribution is -0.138. The maximum absolute atomic E-state index is 12.7. The van der Waals surface area contributed by atoms with Crippen molar-refractivity contribution >= 4 is 5.78 Å². The van der Waals surface area contributed by atoms with Crippen molar-refractivity contribution in [1.29, 1.82) is 0 Å². The number of ether oxygens (including phenoxy) is 1. The van der Waals surface area contributed by atoms with Crippen molar-refractivity contribution in [3.05, 3.63) is 23.3 Å². The molecule has 0 heterocycles. The minimum atomic E-state index is -4.62. The molecule has 0 aromatic heterocycles. The van der Waals surface area contributed by atoms with Crippen LogP contribution < -0.4 is 4.74 Å². The van der Waals surface area contributed by atoms with Crippen LogP contribution in [0.2, 0.25) is 0 Å². The van der Waals surface area contributed by atoms with Gasteiger partial charge in [0, 0.05) is 12.0 Å². The Labute approximate surface area is 95.8 Å². The third-order valence-electron chi connectivity index (χ3n) is 2.20. The van der Waals surface area contributed by atoms with Gasteiger partial charge in [-0.25, -0.2) is 0 Å². The number of alkyl halides is 3. The van der Waals surface area contributed by atoms with Crippen LogP contribution in [0.15, 0.2) is 12.1 Å². The fourth-order valence-electron chi connectivity index (χ4n) is 1.47. The van der Waals surface area contributed by atoms with Gasteiger partial charge < -0.3 is 9.84 Å². The van der Waals surface area contributed by atoms with Crippen molar-refractivity contribution in [1.82, 2.24) is 0 Å². The van der Waals surface area contributed by atoms with E-state index in [4.69, 9.17) is 4.74 Å². The van der Waals surface area contributed by atoms with Gasteiger partial charge in [0.25, 0.3) is 0 Å². The number of hydrogen-bond acceptors (Lipinski definition) is 3. The summed E-state index contributed by atoms with van der Waals surface area (Å²) in [6.07, 6.45) is -5.10. The van der Waals surface area contributed by atoms with E-state index in [-0.39, 0.29) is 5.75 Å². The van der Waals surface area contributed by atoms with Gasteiger partial charge in [0.05, 0.1) is 12.7 Å². The largest absolute Gasteiger partial charge is 0.504 e. The third-order valence-corrected chi connectivity index (χ3v) is 2.20. The van der Waals surface area contributed by atoms with Crippen molar-refractivity contribution in [2.45, 2.75) is 19.5 Å².